The van der Waals surface area contributed by atoms with Crippen molar-refractivity contribution in [3.05, 3.63) is 47.2 Å². The largest absolute Gasteiger partial charge is 0.367 e. The van der Waals surface area contributed by atoms with Crippen molar-refractivity contribution in [1.82, 2.24) is 4.90 Å². The molecule has 0 aromatic heterocycles. The monoisotopic (exact) mass is 245 g/mol. The summed E-state index contributed by atoms with van der Waals surface area (Å²) >= 11 is 0. The molecule has 0 aromatic rings. The lowest BCUT2D eigenvalue weighted by atomic mass is 10.1. The zero-order valence-electron chi connectivity index (χ0n) is 12.5. The highest BCUT2D eigenvalue weighted by molar-refractivity contribution is 5.26. The second-order valence-electron chi connectivity index (χ2n) is 5.20. The summed E-state index contributed by atoms with van der Waals surface area (Å²) in [5.41, 5.74) is 4.33. The Bertz CT molecular complexity index is 382. The third-order valence-electron chi connectivity index (χ3n) is 3.58. The highest BCUT2D eigenvalue weighted by Crippen LogP contribution is 2.25. The molecule has 0 saturated carbocycles. The molecule has 0 bridgehead atoms. The summed E-state index contributed by atoms with van der Waals surface area (Å²) in [4.78, 5) is 2.38. The molecular weight excluding hydrogens is 218 g/mol. The molecule has 1 aliphatic heterocycles. The maximum atomic E-state index is 2.38. The van der Waals surface area contributed by atoms with E-state index in [0.717, 1.165) is 19.4 Å². The van der Waals surface area contributed by atoms with Crippen molar-refractivity contribution in [2.24, 2.45) is 0 Å². The van der Waals surface area contributed by atoms with Crippen molar-refractivity contribution in [3.63, 3.8) is 0 Å². The van der Waals surface area contributed by atoms with E-state index in [1.54, 1.807) is 0 Å². The third kappa shape index (κ3) is 4.95. The first kappa shape index (κ1) is 14.8. The van der Waals surface area contributed by atoms with Gasteiger partial charge in [-0.1, -0.05) is 43.2 Å². The Labute approximate surface area is 113 Å². The Morgan fingerprint density at radius 3 is 2.22 bits per heavy atom. The summed E-state index contributed by atoms with van der Waals surface area (Å²) < 4.78 is 0. The van der Waals surface area contributed by atoms with Crippen molar-refractivity contribution < 1.29 is 0 Å². The number of nitrogens with zero attached hydrogens (tertiary/aromatic N) is 1. The first-order chi connectivity index (χ1) is 8.58. The summed E-state index contributed by atoms with van der Waals surface area (Å²) in [6.07, 6.45) is 13.4. The molecule has 18 heavy (non-hydrogen) atoms. The molecule has 0 N–H and O–H groups in total. The van der Waals surface area contributed by atoms with Gasteiger partial charge in [0.15, 0.2) is 0 Å². The number of hydrogen-bond donors (Lipinski definition) is 0. The molecule has 0 aromatic carbocycles. The van der Waals surface area contributed by atoms with Crippen molar-refractivity contribution in [2.45, 2.75) is 53.5 Å². The summed E-state index contributed by atoms with van der Waals surface area (Å²) in [5.74, 6) is 0. The van der Waals surface area contributed by atoms with Crippen LogP contribution in [0.25, 0.3) is 0 Å². The smallest absolute Gasteiger partial charge is 0.0673 e. The van der Waals surface area contributed by atoms with Gasteiger partial charge in [0.2, 0.25) is 0 Å². The molecule has 1 nitrogen and oxygen atoms in total. The van der Waals surface area contributed by atoms with Crippen LogP contribution in [0.5, 0.6) is 0 Å². The van der Waals surface area contributed by atoms with Crippen LogP contribution in [0.2, 0.25) is 0 Å². The second-order valence-corrected chi connectivity index (χ2v) is 5.20. The predicted octanol–water partition coefficient (Wildman–Crippen LogP) is 4.84. The van der Waals surface area contributed by atoms with Gasteiger partial charge >= 0.3 is 0 Å². The summed E-state index contributed by atoms with van der Waals surface area (Å²) in [5, 5.41) is 0. The second kappa shape index (κ2) is 7.25. The third-order valence-corrected chi connectivity index (χ3v) is 3.58. The van der Waals surface area contributed by atoms with E-state index in [2.05, 4.69) is 70.0 Å². The SMILES string of the molecule is CC/C(C)=C/C=C/N1CC1/C(C)=C/C=C(\C)CC. The first-order valence-corrected chi connectivity index (χ1v) is 7.02. The van der Waals surface area contributed by atoms with E-state index >= 15 is 0 Å². The van der Waals surface area contributed by atoms with Crippen LogP contribution in [0.15, 0.2) is 47.2 Å². The van der Waals surface area contributed by atoms with E-state index in [1.165, 1.54) is 16.7 Å². The van der Waals surface area contributed by atoms with Crippen LogP contribution in [0.4, 0.5) is 0 Å². The minimum Gasteiger partial charge on any atom is -0.367 e. The van der Waals surface area contributed by atoms with Gasteiger partial charge in [0.25, 0.3) is 0 Å². The Hall–Kier alpha value is -1.24. The molecule has 1 aliphatic rings. The van der Waals surface area contributed by atoms with Gasteiger partial charge in [-0.2, -0.15) is 0 Å². The molecule has 1 heterocycles. The fourth-order valence-electron chi connectivity index (χ4n) is 1.66. The van der Waals surface area contributed by atoms with Gasteiger partial charge in [-0.25, -0.2) is 0 Å². The molecule has 0 amide bonds. The van der Waals surface area contributed by atoms with Gasteiger partial charge in [0.1, 0.15) is 0 Å². The Kier molecular flexibility index (Phi) is 5.97. The fraction of sp³-hybridized carbons (Fsp3) is 0.529. The lowest BCUT2D eigenvalue weighted by molar-refractivity contribution is 0.713. The number of rotatable bonds is 6. The lowest BCUT2D eigenvalue weighted by Gasteiger charge is -1.99. The number of allylic oxidation sites excluding steroid dienone is 6. The molecule has 1 fully saturated rings. The molecule has 1 atom stereocenters. The predicted molar refractivity (Wildman–Crippen MR) is 81.5 cm³/mol. The normalized spacial score (nSPS) is 21.9. The Balaban J connectivity index is 2.45. The quantitative estimate of drug-likeness (QED) is 0.478. The minimum atomic E-state index is 0.623. The van der Waals surface area contributed by atoms with Gasteiger partial charge in [-0.05, 0) is 51.5 Å². The number of hydrogen-bond acceptors (Lipinski definition) is 1. The Morgan fingerprint density at radius 1 is 1.00 bits per heavy atom. The maximum Gasteiger partial charge on any atom is 0.0673 e. The van der Waals surface area contributed by atoms with Crippen LogP contribution < -0.4 is 0 Å². The summed E-state index contributed by atoms with van der Waals surface area (Å²) in [6.45, 7) is 12.1. The zero-order chi connectivity index (χ0) is 13.5. The van der Waals surface area contributed by atoms with E-state index < -0.39 is 0 Å². The van der Waals surface area contributed by atoms with E-state index in [1.807, 2.05) is 0 Å². The van der Waals surface area contributed by atoms with Crippen LogP contribution in [-0.4, -0.2) is 17.5 Å². The average Bonchev–Trinajstić information content (AvgIpc) is 3.14. The molecule has 0 spiro atoms. The standard InChI is InChI=1S/C17H27N/c1-6-14(3)9-8-12-18-13-17(18)16(5)11-10-15(4)7-2/h8-12,17H,6-7,13H2,1-5H3/b12-8+,14-9+,15-10+,16-11+. The zero-order valence-corrected chi connectivity index (χ0v) is 12.5. The van der Waals surface area contributed by atoms with Crippen molar-refractivity contribution >= 4 is 0 Å². The van der Waals surface area contributed by atoms with Crippen LogP contribution >= 0.6 is 0 Å². The molecular formula is C17H27N. The minimum absolute atomic E-state index is 0.623. The van der Waals surface area contributed by atoms with E-state index in [4.69, 9.17) is 0 Å². The molecule has 100 valence electrons. The maximum absolute atomic E-state index is 2.38. The molecule has 0 aliphatic carbocycles. The molecule has 1 heteroatoms. The average molecular weight is 245 g/mol. The van der Waals surface area contributed by atoms with Gasteiger partial charge < -0.3 is 4.90 Å². The molecule has 1 rings (SSSR count). The highest BCUT2D eigenvalue weighted by atomic mass is 15.3. The van der Waals surface area contributed by atoms with Gasteiger partial charge in [0, 0.05) is 6.54 Å². The Morgan fingerprint density at radius 2 is 1.61 bits per heavy atom. The van der Waals surface area contributed by atoms with E-state index in [-0.39, 0.29) is 0 Å². The first-order valence-electron chi connectivity index (χ1n) is 7.02. The van der Waals surface area contributed by atoms with E-state index in [9.17, 15) is 0 Å². The van der Waals surface area contributed by atoms with Crippen LogP contribution in [-0.2, 0) is 0 Å². The summed E-state index contributed by atoms with van der Waals surface area (Å²) in [6, 6.07) is 0.623. The van der Waals surface area contributed by atoms with Gasteiger partial charge in [0.05, 0.1) is 6.04 Å². The van der Waals surface area contributed by atoms with Crippen LogP contribution in [0, 0.1) is 0 Å². The van der Waals surface area contributed by atoms with Gasteiger partial charge in [-0.3, -0.25) is 0 Å². The topological polar surface area (TPSA) is 3.01 Å². The van der Waals surface area contributed by atoms with Crippen LogP contribution in [0.3, 0.4) is 0 Å². The van der Waals surface area contributed by atoms with Gasteiger partial charge in [-0.15, -0.1) is 0 Å². The van der Waals surface area contributed by atoms with Crippen molar-refractivity contribution in [2.75, 3.05) is 6.54 Å². The fourth-order valence-corrected chi connectivity index (χ4v) is 1.66. The molecule has 1 saturated heterocycles. The highest BCUT2D eigenvalue weighted by Gasteiger charge is 2.31. The molecule has 1 unspecified atom stereocenters. The van der Waals surface area contributed by atoms with Crippen molar-refractivity contribution in [1.29, 1.82) is 0 Å². The lowest BCUT2D eigenvalue weighted by Crippen LogP contribution is -1.94. The molecule has 0 radical (unpaired) electrons. The van der Waals surface area contributed by atoms with Crippen LogP contribution in [0.1, 0.15) is 47.5 Å². The van der Waals surface area contributed by atoms with E-state index in [0.29, 0.717) is 6.04 Å². The van der Waals surface area contributed by atoms with Crippen molar-refractivity contribution in [3.8, 4) is 0 Å². The summed E-state index contributed by atoms with van der Waals surface area (Å²) in [7, 11) is 0.